The van der Waals surface area contributed by atoms with Crippen molar-refractivity contribution in [1.29, 1.82) is 0 Å². The molecule has 3 aromatic rings. The molecule has 3 nitrogen and oxygen atoms in total. The van der Waals surface area contributed by atoms with Crippen LogP contribution in [0.1, 0.15) is 0 Å². The summed E-state index contributed by atoms with van der Waals surface area (Å²) >= 11 is 11.6. The lowest BCUT2D eigenvalue weighted by Crippen LogP contribution is -1.93. The fraction of sp³-hybridized carbons (Fsp3) is 0. The predicted octanol–water partition coefficient (Wildman–Crippen LogP) is 4.51. The van der Waals surface area contributed by atoms with Crippen LogP contribution >= 0.6 is 23.2 Å². The van der Waals surface area contributed by atoms with Gasteiger partial charge in [-0.05, 0) is 34.3 Å². The van der Waals surface area contributed by atoms with E-state index in [1.807, 2.05) is 42.5 Å². The predicted molar refractivity (Wildman–Crippen MR) is 80.7 cm³/mol. The van der Waals surface area contributed by atoms with Gasteiger partial charge >= 0.3 is 0 Å². The lowest BCUT2D eigenvalue weighted by molar-refractivity contribution is 1.06. The third-order valence-corrected chi connectivity index (χ3v) is 3.17. The van der Waals surface area contributed by atoms with E-state index in [1.165, 1.54) is 0 Å². The fourth-order valence-electron chi connectivity index (χ4n) is 1.90. The van der Waals surface area contributed by atoms with Crippen molar-refractivity contribution in [2.45, 2.75) is 0 Å². The maximum absolute atomic E-state index is 5.78. The Labute approximate surface area is 126 Å². The molecule has 0 aliphatic heterocycles. The van der Waals surface area contributed by atoms with Gasteiger partial charge in [-0.2, -0.15) is 15.0 Å². The van der Waals surface area contributed by atoms with Crippen molar-refractivity contribution in [1.82, 2.24) is 15.0 Å². The van der Waals surface area contributed by atoms with Crippen molar-refractivity contribution in [3.8, 4) is 22.5 Å². The third kappa shape index (κ3) is 2.79. The van der Waals surface area contributed by atoms with Crippen LogP contribution in [-0.2, 0) is 0 Å². The number of benzene rings is 2. The summed E-state index contributed by atoms with van der Waals surface area (Å²) in [6, 6.07) is 18.0. The molecule has 0 aliphatic carbocycles. The highest BCUT2D eigenvalue weighted by Crippen LogP contribution is 2.23. The molecule has 0 saturated heterocycles. The van der Waals surface area contributed by atoms with Crippen LogP contribution < -0.4 is 0 Å². The number of rotatable bonds is 2. The van der Waals surface area contributed by atoms with E-state index in [0.29, 0.717) is 5.82 Å². The SMILES string of the molecule is Clc1nc(Cl)nc(-c2ccc(-c3ccccc3)cc2)n1. The van der Waals surface area contributed by atoms with E-state index in [9.17, 15) is 0 Å². The molecule has 0 radical (unpaired) electrons. The molecule has 0 bridgehead atoms. The van der Waals surface area contributed by atoms with Crippen LogP contribution in [0, 0.1) is 0 Å². The van der Waals surface area contributed by atoms with E-state index >= 15 is 0 Å². The maximum Gasteiger partial charge on any atom is 0.227 e. The molecule has 1 aromatic heterocycles. The maximum atomic E-state index is 5.78. The van der Waals surface area contributed by atoms with Gasteiger partial charge in [0.25, 0.3) is 0 Å². The van der Waals surface area contributed by atoms with E-state index in [-0.39, 0.29) is 10.6 Å². The Balaban J connectivity index is 1.97. The molecule has 0 atom stereocenters. The number of aromatic nitrogens is 3. The molecular formula is C15H9Cl2N3. The Morgan fingerprint density at radius 2 is 1.05 bits per heavy atom. The quantitative estimate of drug-likeness (QED) is 0.699. The van der Waals surface area contributed by atoms with Crippen molar-refractivity contribution >= 4 is 23.2 Å². The molecule has 0 fully saturated rings. The van der Waals surface area contributed by atoms with Gasteiger partial charge in [-0.3, -0.25) is 0 Å². The monoisotopic (exact) mass is 301 g/mol. The zero-order valence-corrected chi connectivity index (χ0v) is 11.8. The van der Waals surface area contributed by atoms with Gasteiger partial charge in [0, 0.05) is 5.56 Å². The molecule has 0 aliphatic rings. The van der Waals surface area contributed by atoms with Gasteiger partial charge in [-0.1, -0.05) is 54.6 Å². The topological polar surface area (TPSA) is 38.7 Å². The zero-order valence-electron chi connectivity index (χ0n) is 10.3. The summed E-state index contributed by atoms with van der Waals surface area (Å²) in [5.41, 5.74) is 3.13. The van der Waals surface area contributed by atoms with E-state index in [1.54, 1.807) is 0 Å². The molecule has 3 rings (SSSR count). The first-order valence-corrected chi connectivity index (χ1v) is 6.71. The van der Waals surface area contributed by atoms with Crippen LogP contribution in [0.4, 0.5) is 0 Å². The molecule has 0 amide bonds. The van der Waals surface area contributed by atoms with Crippen LogP contribution in [0.3, 0.4) is 0 Å². The molecule has 0 unspecified atom stereocenters. The first-order valence-electron chi connectivity index (χ1n) is 5.95. The fourth-order valence-corrected chi connectivity index (χ4v) is 2.26. The minimum atomic E-state index is 0.0899. The molecule has 98 valence electrons. The molecule has 0 spiro atoms. The van der Waals surface area contributed by atoms with Gasteiger partial charge in [0.2, 0.25) is 10.6 Å². The Morgan fingerprint density at radius 1 is 0.550 bits per heavy atom. The van der Waals surface area contributed by atoms with E-state index in [4.69, 9.17) is 23.2 Å². The average Bonchev–Trinajstić information content (AvgIpc) is 2.47. The van der Waals surface area contributed by atoms with Gasteiger partial charge in [0.15, 0.2) is 5.82 Å². The lowest BCUT2D eigenvalue weighted by atomic mass is 10.0. The molecule has 2 aromatic carbocycles. The average molecular weight is 302 g/mol. The van der Waals surface area contributed by atoms with Crippen LogP contribution in [-0.4, -0.2) is 15.0 Å². The molecule has 0 N–H and O–H groups in total. The second-order valence-electron chi connectivity index (χ2n) is 4.14. The number of nitrogens with zero attached hydrogens (tertiary/aromatic N) is 3. The standard InChI is InChI=1S/C15H9Cl2N3/c16-14-18-13(19-15(17)20-14)12-8-6-11(7-9-12)10-4-2-1-3-5-10/h1-9H. The minimum absolute atomic E-state index is 0.0899. The largest absolute Gasteiger partial charge is 0.227 e. The van der Waals surface area contributed by atoms with E-state index in [2.05, 4.69) is 27.1 Å². The van der Waals surface area contributed by atoms with Gasteiger partial charge < -0.3 is 0 Å². The Kier molecular flexibility index (Phi) is 3.63. The van der Waals surface area contributed by atoms with Crippen molar-refractivity contribution in [2.75, 3.05) is 0 Å². The normalized spacial score (nSPS) is 10.5. The van der Waals surface area contributed by atoms with Crippen molar-refractivity contribution in [3.63, 3.8) is 0 Å². The summed E-state index contributed by atoms with van der Waals surface area (Å²) in [6.07, 6.45) is 0. The van der Waals surface area contributed by atoms with E-state index < -0.39 is 0 Å². The smallest absolute Gasteiger partial charge is 0.198 e. The zero-order chi connectivity index (χ0) is 13.9. The van der Waals surface area contributed by atoms with Gasteiger partial charge in [0.1, 0.15) is 0 Å². The molecule has 20 heavy (non-hydrogen) atoms. The highest BCUT2D eigenvalue weighted by Gasteiger charge is 2.06. The first kappa shape index (κ1) is 13.0. The summed E-state index contributed by atoms with van der Waals surface area (Å²) in [7, 11) is 0. The first-order chi connectivity index (χ1) is 9.72. The second-order valence-corrected chi connectivity index (χ2v) is 4.82. The molecule has 5 heteroatoms. The molecular weight excluding hydrogens is 293 g/mol. The Bertz CT molecular complexity index is 708. The summed E-state index contributed by atoms with van der Waals surface area (Å²) in [5.74, 6) is 0.467. The lowest BCUT2D eigenvalue weighted by Gasteiger charge is -2.04. The molecule has 1 heterocycles. The van der Waals surface area contributed by atoms with Gasteiger partial charge in [0.05, 0.1) is 0 Å². The van der Waals surface area contributed by atoms with Gasteiger partial charge in [-0.15, -0.1) is 0 Å². The van der Waals surface area contributed by atoms with Crippen molar-refractivity contribution in [3.05, 3.63) is 65.2 Å². The summed E-state index contributed by atoms with van der Waals surface area (Å²) in [6.45, 7) is 0. The van der Waals surface area contributed by atoms with Crippen molar-refractivity contribution in [2.24, 2.45) is 0 Å². The summed E-state index contributed by atoms with van der Waals surface area (Å²) in [5, 5.41) is 0.180. The third-order valence-electron chi connectivity index (χ3n) is 2.83. The Hall–Kier alpha value is -1.97. The van der Waals surface area contributed by atoms with Crippen LogP contribution in [0.15, 0.2) is 54.6 Å². The summed E-state index contributed by atoms with van der Waals surface area (Å²) in [4.78, 5) is 11.9. The second kappa shape index (κ2) is 5.57. The number of hydrogen-bond donors (Lipinski definition) is 0. The Morgan fingerprint density at radius 3 is 1.65 bits per heavy atom. The summed E-state index contributed by atoms with van der Waals surface area (Å²) < 4.78 is 0. The van der Waals surface area contributed by atoms with Crippen LogP contribution in [0.2, 0.25) is 10.6 Å². The van der Waals surface area contributed by atoms with Crippen LogP contribution in [0.25, 0.3) is 22.5 Å². The molecule has 0 saturated carbocycles. The van der Waals surface area contributed by atoms with E-state index in [0.717, 1.165) is 16.7 Å². The van der Waals surface area contributed by atoms with Crippen molar-refractivity contribution < 1.29 is 0 Å². The number of hydrogen-bond acceptors (Lipinski definition) is 3. The minimum Gasteiger partial charge on any atom is -0.198 e. The highest BCUT2D eigenvalue weighted by molar-refractivity contribution is 6.31. The van der Waals surface area contributed by atoms with Crippen LogP contribution in [0.5, 0.6) is 0 Å². The number of halogens is 2. The highest BCUT2D eigenvalue weighted by atomic mass is 35.5. The van der Waals surface area contributed by atoms with Gasteiger partial charge in [-0.25, -0.2) is 0 Å².